The highest BCUT2D eigenvalue weighted by Gasteiger charge is 2.18. The van der Waals surface area contributed by atoms with Gasteiger partial charge in [0.1, 0.15) is 0 Å². The minimum Gasteiger partial charge on any atom is -0.372 e. The van der Waals surface area contributed by atoms with Crippen LogP contribution in [0.15, 0.2) is 54.6 Å². The van der Waals surface area contributed by atoms with E-state index in [-0.39, 0.29) is 18.4 Å². The monoisotopic (exact) mass is 379 g/mol. The van der Waals surface area contributed by atoms with Gasteiger partial charge in [-0.15, -0.1) is 0 Å². The molecule has 0 heterocycles. The molecule has 5 heteroatoms. The first-order valence-corrected chi connectivity index (χ1v) is 10.1. The largest absolute Gasteiger partial charge is 0.372 e. The van der Waals surface area contributed by atoms with Gasteiger partial charge in [-0.1, -0.05) is 49.6 Å². The summed E-state index contributed by atoms with van der Waals surface area (Å²) in [5, 5.41) is 5.49. The van der Waals surface area contributed by atoms with Crippen LogP contribution < -0.4 is 15.5 Å². The zero-order valence-electron chi connectivity index (χ0n) is 16.5. The molecule has 1 saturated carbocycles. The SMILES string of the molecule is CN(c1ccc(CNC(=O)CNC(=O)c2ccccc2)cc1)C1CCCCC1. The fourth-order valence-corrected chi connectivity index (χ4v) is 3.64. The Morgan fingerprint density at radius 3 is 2.29 bits per heavy atom. The molecule has 2 N–H and O–H groups in total. The molecule has 1 aliphatic rings. The van der Waals surface area contributed by atoms with Crippen LogP contribution in [0.3, 0.4) is 0 Å². The Hall–Kier alpha value is -2.82. The molecule has 0 aliphatic heterocycles. The normalized spacial score (nSPS) is 14.3. The van der Waals surface area contributed by atoms with Gasteiger partial charge in [-0.25, -0.2) is 0 Å². The molecular weight excluding hydrogens is 350 g/mol. The van der Waals surface area contributed by atoms with Crippen molar-refractivity contribution in [3.8, 4) is 0 Å². The zero-order chi connectivity index (χ0) is 19.8. The van der Waals surface area contributed by atoms with Crippen LogP contribution in [-0.2, 0) is 11.3 Å². The molecule has 0 unspecified atom stereocenters. The first-order chi connectivity index (χ1) is 13.6. The molecule has 0 radical (unpaired) electrons. The zero-order valence-corrected chi connectivity index (χ0v) is 16.5. The van der Waals surface area contributed by atoms with Crippen molar-refractivity contribution in [3.63, 3.8) is 0 Å². The maximum atomic E-state index is 12.0. The van der Waals surface area contributed by atoms with E-state index in [1.54, 1.807) is 24.3 Å². The van der Waals surface area contributed by atoms with Crippen molar-refractivity contribution in [2.45, 2.75) is 44.7 Å². The Balaban J connectivity index is 1.42. The number of anilines is 1. The molecule has 0 bridgehead atoms. The van der Waals surface area contributed by atoms with E-state index in [2.05, 4.69) is 46.8 Å². The van der Waals surface area contributed by atoms with Gasteiger partial charge >= 0.3 is 0 Å². The standard InChI is InChI=1S/C23H29N3O2/c1-26(20-10-6-3-7-11-20)21-14-12-18(13-15-21)16-24-22(27)17-25-23(28)19-8-4-2-5-9-19/h2,4-5,8-9,12-15,20H,3,6-7,10-11,16-17H2,1H3,(H,24,27)(H,25,28). The lowest BCUT2D eigenvalue weighted by molar-refractivity contribution is -0.120. The molecule has 0 saturated heterocycles. The van der Waals surface area contributed by atoms with Crippen LogP contribution in [-0.4, -0.2) is 31.4 Å². The Labute approximate surface area is 167 Å². The number of nitrogens with one attached hydrogen (secondary N) is 2. The average molecular weight is 380 g/mol. The van der Waals surface area contributed by atoms with Crippen molar-refractivity contribution in [1.82, 2.24) is 10.6 Å². The molecule has 148 valence electrons. The van der Waals surface area contributed by atoms with Crippen molar-refractivity contribution >= 4 is 17.5 Å². The van der Waals surface area contributed by atoms with Crippen LogP contribution in [0, 0.1) is 0 Å². The van der Waals surface area contributed by atoms with E-state index >= 15 is 0 Å². The van der Waals surface area contributed by atoms with E-state index in [0.717, 1.165) is 5.56 Å². The molecule has 0 spiro atoms. The molecular formula is C23H29N3O2. The number of carbonyl (C=O) groups excluding carboxylic acids is 2. The first-order valence-electron chi connectivity index (χ1n) is 10.1. The summed E-state index contributed by atoms with van der Waals surface area (Å²) >= 11 is 0. The van der Waals surface area contributed by atoms with Crippen molar-refractivity contribution in [1.29, 1.82) is 0 Å². The molecule has 2 aromatic carbocycles. The molecule has 0 aromatic heterocycles. The van der Waals surface area contributed by atoms with Crippen LogP contribution >= 0.6 is 0 Å². The van der Waals surface area contributed by atoms with E-state index in [1.807, 2.05) is 6.07 Å². The van der Waals surface area contributed by atoms with Crippen molar-refractivity contribution in [3.05, 3.63) is 65.7 Å². The van der Waals surface area contributed by atoms with Gasteiger partial charge in [-0.3, -0.25) is 9.59 Å². The van der Waals surface area contributed by atoms with Crippen molar-refractivity contribution in [2.75, 3.05) is 18.5 Å². The lowest BCUT2D eigenvalue weighted by Gasteiger charge is -2.33. The second-order valence-electron chi connectivity index (χ2n) is 7.39. The van der Waals surface area contributed by atoms with Crippen molar-refractivity contribution in [2.24, 2.45) is 0 Å². The smallest absolute Gasteiger partial charge is 0.251 e. The van der Waals surface area contributed by atoms with Crippen LogP contribution in [0.25, 0.3) is 0 Å². The Morgan fingerprint density at radius 2 is 1.61 bits per heavy atom. The quantitative estimate of drug-likeness (QED) is 0.774. The molecule has 2 amide bonds. The lowest BCUT2D eigenvalue weighted by atomic mass is 9.94. The third-order valence-corrected chi connectivity index (χ3v) is 5.40. The van der Waals surface area contributed by atoms with E-state index < -0.39 is 0 Å². The van der Waals surface area contributed by atoms with Crippen molar-refractivity contribution < 1.29 is 9.59 Å². The third kappa shape index (κ3) is 5.59. The Morgan fingerprint density at radius 1 is 0.929 bits per heavy atom. The Kier molecular flexibility index (Phi) is 7.06. The van der Waals surface area contributed by atoms with Gasteiger partial charge in [-0.2, -0.15) is 0 Å². The molecule has 1 aliphatic carbocycles. The molecule has 0 atom stereocenters. The van der Waals surface area contributed by atoms with E-state index in [4.69, 9.17) is 0 Å². The summed E-state index contributed by atoms with van der Waals surface area (Å²) in [4.78, 5) is 26.3. The highest BCUT2D eigenvalue weighted by molar-refractivity contribution is 5.96. The molecule has 5 nitrogen and oxygen atoms in total. The predicted octanol–water partition coefficient (Wildman–Crippen LogP) is 3.50. The third-order valence-electron chi connectivity index (χ3n) is 5.40. The van der Waals surface area contributed by atoms with Crippen LogP contribution in [0.1, 0.15) is 48.0 Å². The number of hydrogen-bond acceptors (Lipinski definition) is 3. The topological polar surface area (TPSA) is 61.4 Å². The summed E-state index contributed by atoms with van der Waals surface area (Å²) in [6.45, 7) is 0.420. The number of benzene rings is 2. The molecule has 2 aromatic rings. The van der Waals surface area contributed by atoms with Gasteiger partial charge in [0.15, 0.2) is 0 Å². The summed E-state index contributed by atoms with van der Waals surface area (Å²) in [5.74, 6) is -0.446. The fraction of sp³-hybridized carbons (Fsp3) is 0.391. The van der Waals surface area contributed by atoms with E-state index in [0.29, 0.717) is 18.2 Å². The summed E-state index contributed by atoms with van der Waals surface area (Å²) in [6.07, 6.45) is 6.53. The Bertz CT molecular complexity index is 768. The molecule has 28 heavy (non-hydrogen) atoms. The van der Waals surface area contributed by atoms with Gasteiger partial charge in [0.25, 0.3) is 5.91 Å². The van der Waals surface area contributed by atoms with Gasteiger partial charge in [0.2, 0.25) is 5.91 Å². The second kappa shape index (κ2) is 9.93. The number of amides is 2. The number of rotatable bonds is 7. The van der Waals surface area contributed by atoms with Crippen LogP contribution in [0.2, 0.25) is 0 Å². The summed E-state index contributed by atoms with van der Waals surface area (Å²) in [5.41, 5.74) is 2.81. The average Bonchev–Trinajstić information content (AvgIpc) is 2.77. The highest BCUT2D eigenvalue weighted by Crippen LogP contribution is 2.26. The van der Waals surface area contributed by atoms with Gasteiger partial charge in [0.05, 0.1) is 6.54 Å². The number of hydrogen-bond donors (Lipinski definition) is 2. The predicted molar refractivity (Wildman–Crippen MR) is 112 cm³/mol. The van der Waals surface area contributed by atoms with Gasteiger partial charge in [-0.05, 0) is 42.7 Å². The maximum absolute atomic E-state index is 12.0. The van der Waals surface area contributed by atoms with Crippen LogP contribution in [0.5, 0.6) is 0 Å². The number of carbonyl (C=O) groups is 2. The first kappa shape index (κ1) is 19.9. The highest BCUT2D eigenvalue weighted by atomic mass is 16.2. The summed E-state index contributed by atoms with van der Waals surface area (Å²) in [6, 6.07) is 17.9. The van der Waals surface area contributed by atoms with E-state index in [1.165, 1.54) is 37.8 Å². The van der Waals surface area contributed by atoms with E-state index in [9.17, 15) is 9.59 Å². The minimum absolute atomic E-state index is 0.0315. The molecule has 3 rings (SSSR count). The van der Waals surface area contributed by atoms with Crippen LogP contribution in [0.4, 0.5) is 5.69 Å². The number of nitrogens with zero attached hydrogens (tertiary/aromatic N) is 1. The van der Waals surface area contributed by atoms with Gasteiger partial charge < -0.3 is 15.5 Å². The summed E-state index contributed by atoms with van der Waals surface area (Å²) in [7, 11) is 2.17. The molecule has 1 fully saturated rings. The van der Waals surface area contributed by atoms with Gasteiger partial charge in [0, 0.05) is 30.9 Å². The minimum atomic E-state index is -0.245. The second-order valence-corrected chi connectivity index (χ2v) is 7.39. The lowest BCUT2D eigenvalue weighted by Crippen LogP contribution is -2.36. The summed E-state index contributed by atoms with van der Waals surface area (Å²) < 4.78 is 0. The maximum Gasteiger partial charge on any atom is 0.251 e. The fourth-order valence-electron chi connectivity index (χ4n) is 3.64.